The molecular weight excluding hydrogens is 241 g/mol. The van der Waals surface area contributed by atoms with Crippen LogP contribution in [-0.4, -0.2) is 17.9 Å². The molecule has 2 unspecified atom stereocenters. The van der Waals surface area contributed by atoms with Gasteiger partial charge >= 0.3 is 0 Å². The maximum atomic E-state index is 13.2. The third-order valence-electron chi connectivity index (χ3n) is 4.52. The number of rotatable bonds is 3. The molecule has 2 saturated heterocycles. The van der Waals surface area contributed by atoms with Gasteiger partial charge in [0.1, 0.15) is 5.82 Å². The smallest absolute Gasteiger partial charge is 0.163 e. The van der Waals surface area contributed by atoms with Crippen LogP contribution in [0.5, 0.6) is 0 Å². The molecule has 0 aromatic heterocycles. The number of ketones is 1. The first-order valence-corrected chi connectivity index (χ1v) is 7.17. The second-order valence-electron chi connectivity index (χ2n) is 6.07. The van der Waals surface area contributed by atoms with Gasteiger partial charge in [-0.15, -0.1) is 0 Å². The second kappa shape index (κ2) is 5.04. The van der Waals surface area contributed by atoms with Crippen LogP contribution in [0.3, 0.4) is 0 Å². The van der Waals surface area contributed by atoms with E-state index in [4.69, 9.17) is 0 Å². The molecule has 102 valence electrons. The van der Waals surface area contributed by atoms with Crippen LogP contribution in [0.25, 0.3) is 0 Å². The molecule has 19 heavy (non-hydrogen) atoms. The van der Waals surface area contributed by atoms with Crippen molar-refractivity contribution in [3.8, 4) is 0 Å². The molecule has 2 heterocycles. The Balaban J connectivity index is 1.66. The molecule has 3 rings (SSSR count). The van der Waals surface area contributed by atoms with Gasteiger partial charge in [0.2, 0.25) is 0 Å². The maximum Gasteiger partial charge on any atom is 0.163 e. The van der Waals surface area contributed by atoms with Crippen LogP contribution in [0, 0.1) is 18.7 Å². The number of carbonyl (C=O) groups excluding carboxylic acids is 1. The van der Waals surface area contributed by atoms with Crippen molar-refractivity contribution in [2.75, 3.05) is 0 Å². The molecule has 1 aromatic rings. The Morgan fingerprint density at radius 2 is 2.00 bits per heavy atom. The Bertz CT molecular complexity index is 488. The predicted octanol–water partition coefficient (Wildman–Crippen LogP) is 3.24. The Labute approximate surface area is 113 Å². The Morgan fingerprint density at radius 1 is 1.32 bits per heavy atom. The highest BCUT2D eigenvalue weighted by atomic mass is 19.1. The van der Waals surface area contributed by atoms with Crippen molar-refractivity contribution in [1.82, 2.24) is 5.32 Å². The highest BCUT2D eigenvalue weighted by Crippen LogP contribution is 2.33. The van der Waals surface area contributed by atoms with Gasteiger partial charge in [-0.3, -0.25) is 4.79 Å². The zero-order valence-electron chi connectivity index (χ0n) is 11.3. The molecule has 2 aliphatic rings. The van der Waals surface area contributed by atoms with Crippen LogP contribution in [0.1, 0.15) is 48.0 Å². The molecule has 1 N–H and O–H groups in total. The normalized spacial score (nSPS) is 29.5. The van der Waals surface area contributed by atoms with E-state index in [0.29, 0.717) is 35.5 Å². The van der Waals surface area contributed by atoms with Crippen molar-refractivity contribution in [1.29, 1.82) is 0 Å². The summed E-state index contributed by atoms with van der Waals surface area (Å²) < 4.78 is 13.2. The molecule has 2 bridgehead atoms. The standard InChI is InChI=1S/C16H20FNO/c1-10-6-12(2-5-15(10)17)16(19)9-11-7-13-3-4-14(8-11)18-13/h2,5-6,11,13-14,18H,3-4,7-9H2,1H3. The quantitative estimate of drug-likeness (QED) is 0.846. The summed E-state index contributed by atoms with van der Waals surface area (Å²) in [7, 11) is 0. The van der Waals surface area contributed by atoms with Crippen molar-refractivity contribution in [2.45, 2.75) is 51.1 Å². The van der Waals surface area contributed by atoms with Crippen molar-refractivity contribution in [3.63, 3.8) is 0 Å². The van der Waals surface area contributed by atoms with Gasteiger partial charge in [0, 0.05) is 24.1 Å². The van der Waals surface area contributed by atoms with E-state index in [1.807, 2.05) is 0 Å². The fraction of sp³-hybridized carbons (Fsp3) is 0.562. The van der Waals surface area contributed by atoms with Gasteiger partial charge in [-0.25, -0.2) is 4.39 Å². The summed E-state index contributed by atoms with van der Waals surface area (Å²) in [5.74, 6) is 0.419. The number of carbonyl (C=O) groups is 1. The van der Waals surface area contributed by atoms with E-state index in [1.54, 1.807) is 19.1 Å². The number of hydrogen-bond acceptors (Lipinski definition) is 2. The minimum atomic E-state index is -0.239. The van der Waals surface area contributed by atoms with Crippen LogP contribution in [0.4, 0.5) is 4.39 Å². The fourth-order valence-corrected chi connectivity index (χ4v) is 3.54. The molecule has 2 nitrogen and oxygen atoms in total. The van der Waals surface area contributed by atoms with Crippen LogP contribution in [0.15, 0.2) is 18.2 Å². The Kier molecular flexibility index (Phi) is 3.40. The van der Waals surface area contributed by atoms with E-state index in [1.165, 1.54) is 18.9 Å². The molecule has 1 aromatic carbocycles. The van der Waals surface area contributed by atoms with E-state index in [9.17, 15) is 9.18 Å². The lowest BCUT2D eigenvalue weighted by Gasteiger charge is -2.28. The number of piperidine rings is 1. The molecule has 0 spiro atoms. The topological polar surface area (TPSA) is 29.1 Å². The third kappa shape index (κ3) is 2.71. The van der Waals surface area contributed by atoms with Gasteiger partial charge in [-0.05, 0) is 62.3 Å². The molecule has 0 radical (unpaired) electrons. The molecule has 3 heteroatoms. The van der Waals surface area contributed by atoms with Gasteiger partial charge < -0.3 is 5.32 Å². The molecule has 0 aliphatic carbocycles. The summed E-state index contributed by atoms with van der Waals surface area (Å²) in [5.41, 5.74) is 1.21. The van der Waals surface area contributed by atoms with Crippen molar-refractivity contribution < 1.29 is 9.18 Å². The van der Waals surface area contributed by atoms with Gasteiger partial charge in [-0.1, -0.05) is 0 Å². The lowest BCUT2D eigenvalue weighted by molar-refractivity contribution is 0.0945. The van der Waals surface area contributed by atoms with Gasteiger partial charge in [0.05, 0.1) is 0 Å². The lowest BCUT2D eigenvalue weighted by atomic mass is 9.86. The largest absolute Gasteiger partial charge is 0.311 e. The molecular formula is C16H20FNO. The van der Waals surface area contributed by atoms with Crippen LogP contribution >= 0.6 is 0 Å². The summed E-state index contributed by atoms with van der Waals surface area (Å²) in [4.78, 5) is 12.3. The van der Waals surface area contributed by atoms with Crippen LogP contribution < -0.4 is 5.32 Å². The molecule has 2 atom stereocenters. The Hall–Kier alpha value is -1.22. The van der Waals surface area contributed by atoms with Crippen molar-refractivity contribution in [2.24, 2.45) is 5.92 Å². The van der Waals surface area contributed by atoms with Crippen LogP contribution in [0.2, 0.25) is 0 Å². The second-order valence-corrected chi connectivity index (χ2v) is 6.07. The zero-order chi connectivity index (χ0) is 13.4. The van der Waals surface area contributed by atoms with E-state index < -0.39 is 0 Å². The Morgan fingerprint density at radius 3 is 2.63 bits per heavy atom. The first-order valence-electron chi connectivity index (χ1n) is 7.17. The average molecular weight is 261 g/mol. The number of benzene rings is 1. The van der Waals surface area contributed by atoms with E-state index in [0.717, 1.165) is 12.8 Å². The molecule has 2 aliphatic heterocycles. The number of halogens is 1. The van der Waals surface area contributed by atoms with E-state index >= 15 is 0 Å². The zero-order valence-corrected chi connectivity index (χ0v) is 11.3. The summed E-state index contributed by atoms with van der Waals surface area (Å²) >= 11 is 0. The predicted molar refractivity (Wildman–Crippen MR) is 72.8 cm³/mol. The molecule has 2 fully saturated rings. The fourth-order valence-electron chi connectivity index (χ4n) is 3.54. The summed E-state index contributed by atoms with van der Waals surface area (Å²) in [6.07, 6.45) is 5.35. The maximum absolute atomic E-state index is 13.2. The minimum Gasteiger partial charge on any atom is -0.311 e. The molecule has 0 saturated carbocycles. The number of fused-ring (bicyclic) bond motifs is 2. The van der Waals surface area contributed by atoms with E-state index in [2.05, 4.69) is 5.32 Å². The highest BCUT2D eigenvalue weighted by molar-refractivity contribution is 5.96. The molecule has 0 amide bonds. The summed E-state index contributed by atoms with van der Waals surface area (Å²) in [6, 6.07) is 5.92. The van der Waals surface area contributed by atoms with Gasteiger partial charge in [-0.2, -0.15) is 0 Å². The number of hydrogen-bond donors (Lipinski definition) is 1. The first kappa shape index (κ1) is 12.8. The lowest BCUT2D eigenvalue weighted by Crippen LogP contribution is -2.38. The summed E-state index contributed by atoms with van der Waals surface area (Å²) in [6.45, 7) is 1.71. The van der Waals surface area contributed by atoms with Crippen molar-refractivity contribution >= 4 is 5.78 Å². The monoisotopic (exact) mass is 261 g/mol. The van der Waals surface area contributed by atoms with Crippen LogP contribution in [-0.2, 0) is 0 Å². The van der Waals surface area contributed by atoms with E-state index in [-0.39, 0.29) is 11.6 Å². The number of nitrogens with one attached hydrogen (secondary N) is 1. The van der Waals surface area contributed by atoms with Gasteiger partial charge in [0.25, 0.3) is 0 Å². The van der Waals surface area contributed by atoms with Gasteiger partial charge in [0.15, 0.2) is 5.78 Å². The first-order chi connectivity index (χ1) is 9.11. The number of Topliss-reactive ketones (excluding diaryl/α,β-unsaturated/α-hetero) is 1. The number of aryl methyl sites for hydroxylation is 1. The highest BCUT2D eigenvalue weighted by Gasteiger charge is 2.34. The minimum absolute atomic E-state index is 0.161. The average Bonchev–Trinajstić information content (AvgIpc) is 2.72. The summed E-state index contributed by atoms with van der Waals surface area (Å²) in [5, 5.41) is 3.59. The van der Waals surface area contributed by atoms with Crippen molar-refractivity contribution in [3.05, 3.63) is 35.1 Å². The SMILES string of the molecule is Cc1cc(C(=O)CC2CC3CCC(C2)N3)ccc1F. The third-order valence-corrected chi connectivity index (χ3v) is 4.52.